The average molecular weight is 164 g/mol. The lowest BCUT2D eigenvalue weighted by molar-refractivity contribution is 0.205. The Bertz CT molecular complexity index is 270. The van der Waals surface area contributed by atoms with Gasteiger partial charge >= 0.3 is 0 Å². The van der Waals surface area contributed by atoms with Gasteiger partial charge in [0, 0.05) is 5.92 Å². The molecule has 0 aliphatic carbocycles. The Morgan fingerprint density at radius 1 is 1.42 bits per heavy atom. The summed E-state index contributed by atoms with van der Waals surface area (Å²) in [5.41, 5.74) is 1.14. The van der Waals surface area contributed by atoms with Gasteiger partial charge in [-0.2, -0.15) is 0 Å². The highest BCUT2D eigenvalue weighted by atomic mass is 16.5. The van der Waals surface area contributed by atoms with E-state index in [1.54, 1.807) is 0 Å². The van der Waals surface area contributed by atoms with Crippen LogP contribution in [0.25, 0.3) is 0 Å². The van der Waals surface area contributed by atoms with Gasteiger partial charge < -0.3 is 9.84 Å². The second-order valence-corrected chi connectivity index (χ2v) is 3.05. The van der Waals surface area contributed by atoms with Crippen LogP contribution in [0.5, 0.6) is 5.75 Å². The molecule has 0 saturated heterocycles. The average Bonchev–Trinajstić information content (AvgIpc) is 2.17. The summed E-state index contributed by atoms with van der Waals surface area (Å²) in [5, 5.41) is 9.08. The van der Waals surface area contributed by atoms with E-state index < -0.39 is 0 Å². The number of para-hydroxylation sites is 1. The number of rotatable bonds is 1. The zero-order valence-electron chi connectivity index (χ0n) is 6.86. The molecule has 1 atom stereocenters. The maximum atomic E-state index is 9.08. The van der Waals surface area contributed by atoms with E-state index in [-0.39, 0.29) is 12.5 Å². The van der Waals surface area contributed by atoms with Crippen LogP contribution < -0.4 is 4.74 Å². The van der Waals surface area contributed by atoms with Crippen molar-refractivity contribution in [3.05, 3.63) is 29.8 Å². The zero-order chi connectivity index (χ0) is 8.39. The van der Waals surface area contributed by atoms with Crippen molar-refractivity contribution in [2.24, 2.45) is 0 Å². The van der Waals surface area contributed by atoms with Crippen LogP contribution in [0.1, 0.15) is 17.9 Å². The van der Waals surface area contributed by atoms with E-state index in [1.165, 1.54) is 0 Å². The third-order valence-corrected chi connectivity index (χ3v) is 2.30. The van der Waals surface area contributed by atoms with Crippen molar-refractivity contribution in [3.63, 3.8) is 0 Å². The summed E-state index contributed by atoms with van der Waals surface area (Å²) in [6.07, 6.45) is 0.924. The van der Waals surface area contributed by atoms with Gasteiger partial charge in [0.25, 0.3) is 0 Å². The van der Waals surface area contributed by atoms with E-state index in [9.17, 15) is 0 Å². The lowest BCUT2D eigenvalue weighted by Crippen LogP contribution is -2.16. The summed E-state index contributed by atoms with van der Waals surface area (Å²) in [6, 6.07) is 7.92. The fourth-order valence-corrected chi connectivity index (χ4v) is 1.61. The summed E-state index contributed by atoms with van der Waals surface area (Å²) in [4.78, 5) is 0. The molecule has 12 heavy (non-hydrogen) atoms. The van der Waals surface area contributed by atoms with Crippen LogP contribution in [0.2, 0.25) is 0 Å². The summed E-state index contributed by atoms with van der Waals surface area (Å²) < 4.78 is 5.44. The normalized spacial score (nSPS) is 21.2. The van der Waals surface area contributed by atoms with E-state index in [0.29, 0.717) is 0 Å². The van der Waals surface area contributed by atoms with Crippen LogP contribution >= 0.6 is 0 Å². The van der Waals surface area contributed by atoms with Crippen molar-refractivity contribution in [3.8, 4) is 5.75 Å². The van der Waals surface area contributed by atoms with Crippen LogP contribution in [-0.4, -0.2) is 18.3 Å². The van der Waals surface area contributed by atoms with Crippen molar-refractivity contribution < 1.29 is 9.84 Å². The van der Waals surface area contributed by atoms with Crippen LogP contribution in [0.15, 0.2) is 24.3 Å². The Morgan fingerprint density at radius 2 is 2.25 bits per heavy atom. The second kappa shape index (κ2) is 3.15. The van der Waals surface area contributed by atoms with E-state index in [2.05, 4.69) is 0 Å². The van der Waals surface area contributed by atoms with Crippen LogP contribution in [-0.2, 0) is 0 Å². The SMILES string of the molecule is OC[C@@H]1CCOc2ccccc21. The third kappa shape index (κ3) is 1.18. The zero-order valence-corrected chi connectivity index (χ0v) is 6.86. The molecular weight excluding hydrogens is 152 g/mol. The van der Waals surface area contributed by atoms with Crippen molar-refractivity contribution >= 4 is 0 Å². The van der Waals surface area contributed by atoms with Crippen LogP contribution in [0, 0.1) is 0 Å². The molecule has 64 valence electrons. The largest absolute Gasteiger partial charge is 0.493 e. The molecule has 1 aromatic carbocycles. The summed E-state index contributed by atoms with van der Waals surface area (Å²) in [5.74, 6) is 1.21. The van der Waals surface area contributed by atoms with Gasteiger partial charge in [-0.3, -0.25) is 0 Å². The first-order valence-corrected chi connectivity index (χ1v) is 4.24. The molecular formula is C10H12O2. The molecule has 2 rings (SSSR count). The molecule has 0 fully saturated rings. The fraction of sp³-hybridized carbons (Fsp3) is 0.400. The van der Waals surface area contributed by atoms with Gasteiger partial charge in [-0.1, -0.05) is 18.2 Å². The molecule has 1 aromatic rings. The molecule has 0 radical (unpaired) electrons. The van der Waals surface area contributed by atoms with Gasteiger partial charge in [0.15, 0.2) is 0 Å². The van der Waals surface area contributed by atoms with Crippen molar-refractivity contribution in [2.75, 3.05) is 13.2 Å². The lowest BCUT2D eigenvalue weighted by Gasteiger charge is -2.23. The van der Waals surface area contributed by atoms with Crippen LogP contribution in [0.3, 0.4) is 0 Å². The monoisotopic (exact) mass is 164 g/mol. The van der Waals surface area contributed by atoms with E-state index in [0.717, 1.165) is 24.3 Å². The molecule has 2 heteroatoms. The number of ether oxygens (including phenoxy) is 1. The fourth-order valence-electron chi connectivity index (χ4n) is 1.61. The predicted molar refractivity (Wildman–Crippen MR) is 46.4 cm³/mol. The summed E-state index contributed by atoms with van der Waals surface area (Å²) in [6.45, 7) is 0.947. The summed E-state index contributed by atoms with van der Waals surface area (Å²) >= 11 is 0. The van der Waals surface area contributed by atoms with E-state index in [1.807, 2.05) is 24.3 Å². The second-order valence-electron chi connectivity index (χ2n) is 3.05. The Hall–Kier alpha value is -1.02. The number of aliphatic hydroxyl groups excluding tert-OH is 1. The van der Waals surface area contributed by atoms with Crippen molar-refractivity contribution in [2.45, 2.75) is 12.3 Å². The number of hydrogen-bond donors (Lipinski definition) is 1. The van der Waals surface area contributed by atoms with Crippen molar-refractivity contribution in [1.29, 1.82) is 0 Å². The highest BCUT2D eigenvalue weighted by Gasteiger charge is 2.19. The molecule has 0 unspecified atom stereocenters. The number of aliphatic hydroxyl groups is 1. The molecule has 0 bridgehead atoms. The van der Waals surface area contributed by atoms with Gasteiger partial charge in [-0.15, -0.1) is 0 Å². The Labute approximate surface area is 71.8 Å². The lowest BCUT2D eigenvalue weighted by atomic mass is 9.94. The van der Waals surface area contributed by atoms with Crippen molar-refractivity contribution in [1.82, 2.24) is 0 Å². The van der Waals surface area contributed by atoms with Gasteiger partial charge in [0.2, 0.25) is 0 Å². The van der Waals surface area contributed by atoms with Gasteiger partial charge in [-0.25, -0.2) is 0 Å². The molecule has 0 aromatic heterocycles. The molecule has 0 saturated carbocycles. The van der Waals surface area contributed by atoms with Gasteiger partial charge in [-0.05, 0) is 18.1 Å². The number of fused-ring (bicyclic) bond motifs is 1. The topological polar surface area (TPSA) is 29.5 Å². The third-order valence-electron chi connectivity index (χ3n) is 2.30. The molecule has 1 N–H and O–H groups in total. The minimum Gasteiger partial charge on any atom is -0.493 e. The first-order valence-electron chi connectivity index (χ1n) is 4.24. The molecule has 1 aliphatic heterocycles. The highest BCUT2D eigenvalue weighted by molar-refractivity contribution is 5.37. The quantitative estimate of drug-likeness (QED) is 0.682. The Morgan fingerprint density at radius 3 is 3.08 bits per heavy atom. The maximum absolute atomic E-state index is 9.08. The van der Waals surface area contributed by atoms with Gasteiger partial charge in [0.1, 0.15) is 5.75 Å². The summed E-state index contributed by atoms with van der Waals surface area (Å²) in [7, 11) is 0. The first-order chi connectivity index (χ1) is 5.92. The predicted octanol–water partition coefficient (Wildman–Crippen LogP) is 1.54. The van der Waals surface area contributed by atoms with Crippen LogP contribution in [0.4, 0.5) is 0 Å². The molecule has 1 aliphatic rings. The first kappa shape index (κ1) is 7.62. The van der Waals surface area contributed by atoms with E-state index >= 15 is 0 Å². The number of benzene rings is 1. The minimum atomic E-state index is 0.223. The molecule has 0 amide bonds. The highest BCUT2D eigenvalue weighted by Crippen LogP contribution is 2.32. The number of hydrogen-bond acceptors (Lipinski definition) is 2. The smallest absolute Gasteiger partial charge is 0.122 e. The Kier molecular flexibility index (Phi) is 2.00. The van der Waals surface area contributed by atoms with E-state index in [4.69, 9.17) is 9.84 Å². The van der Waals surface area contributed by atoms with Gasteiger partial charge in [0.05, 0.1) is 13.2 Å². The molecule has 1 heterocycles. The standard InChI is InChI=1S/C10H12O2/c11-7-8-5-6-12-10-4-2-1-3-9(8)10/h1-4,8,11H,5-7H2/t8-/m0/s1. The molecule has 2 nitrogen and oxygen atoms in total. The Balaban J connectivity index is 2.37. The minimum absolute atomic E-state index is 0.223. The maximum Gasteiger partial charge on any atom is 0.122 e. The molecule has 0 spiro atoms.